The van der Waals surface area contributed by atoms with Gasteiger partial charge in [0.05, 0.1) is 11.3 Å². The molecule has 5 nitrogen and oxygen atoms in total. The van der Waals surface area contributed by atoms with Crippen molar-refractivity contribution in [2.45, 2.75) is 67.2 Å². The van der Waals surface area contributed by atoms with E-state index in [9.17, 15) is 9.90 Å². The molecule has 3 heterocycles. The standard InChI is InChI=1S/C34H23N2O.C13H24O2.Ir/c1-21-18-25-14-16-35-20-30(25)32(22(21)2)29-13-7-11-27-26-10-6-12-28(33(26)37-34(27)29)31-19-24(15-17-36-31)23-8-4-3-5-9-23;1-5-10(6-2)12(14)9-13(15)11(7-3)8-4;/h3-11,13-20H,1-2H3;9-11,14H,5-8H2,1-4H3;/q-1;;/b;12-9-;. The number of rotatable bonds is 10. The van der Waals surface area contributed by atoms with Crippen LogP contribution in [0.3, 0.4) is 0 Å². The first-order chi connectivity index (χ1) is 25.3. The summed E-state index contributed by atoms with van der Waals surface area (Å²) in [5, 5.41) is 14.2. The molecule has 0 saturated heterocycles. The Kier molecular flexibility index (Phi) is 13.2. The second kappa shape index (κ2) is 17.7. The van der Waals surface area contributed by atoms with E-state index < -0.39 is 0 Å². The van der Waals surface area contributed by atoms with Gasteiger partial charge in [-0.05, 0) is 90.6 Å². The van der Waals surface area contributed by atoms with Crippen molar-refractivity contribution in [2.75, 3.05) is 0 Å². The second-order valence-electron chi connectivity index (χ2n) is 13.5. The van der Waals surface area contributed by atoms with E-state index in [1.165, 1.54) is 28.2 Å². The normalized spacial score (nSPS) is 11.6. The quantitative estimate of drug-likeness (QED) is 0.0841. The molecule has 0 atom stereocenters. The molecule has 1 N–H and O–H groups in total. The van der Waals surface area contributed by atoms with Gasteiger partial charge in [0.1, 0.15) is 5.58 Å². The van der Waals surface area contributed by atoms with Gasteiger partial charge >= 0.3 is 0 Å². The number of aromatic nitrogens is 2. The Hall–Kier alpha value is -4.90. The summed E-state index contributed by atoms with van der Waals surface area (Å²) in [6.45, 7) is 12.4. The third kappa shape index (κ3) is 8.20. The SMILES string of the molecule is CCC(CC)C(=O)/C=C(\O)C(CC)CC.Cc1cc2ccncc2c(-c2cccc3c2oc2c(-c4cc(-c5ccccc5)ccn4)[c-]ccc23)c1C.[Ir]. The number of aryl methyl sites for hydroxylation is 1. The summed E-state index contributed by atoms with van der Waals surface area (Å²) in [4.78, 5) is 20.9. The topological polar surface area (TPSA) is 76.2 Å². The Morgan fingerprint density at radius 3 is 2.23 bits per heavy atom. The van der Waals surface area contributed by atoms with Gasteiger partial charge in [-0.25, -0.2) is 0 Å². The van der Waals surface area contributed by atoms with Gasteiger partial charge in [0.15, 0.2) is 5.78 Å². The van der Waals surface area contributed by atoms with Crippen LogP contribution in [-0.2, 0) is 24.9 Å². The summed E-state index contributed by atoms with van der Waals surface area (Å²) in [6.07, 6.45) is 10.6. The summed E-state index contributed by atoms with van der Waals surface area (Å²) in [5.74, 6) is 0.547. The second-order valence-corrected chi connectivity index (χ2v) is 13.5. The van der Waals surface area contributed by atoms with Crippen LogP contribution in [0.25, 0.3) is 66.2 Å². The first-order valence-electron chi connectivity index (χ1n) is 18.5. The molecule has 0 fully saturated rings. The summed E-state index contributed by atoms with van der Waals surface area (Å²) in [6, 6.07) is 32.7. The molecule has 0 bridgehead atoms. The van der Waals surface area contributed by atoms with E-state index in [0.29, 0.717) is 0 Å². The summed E-state index contributed by atoms with van der Waals surface area (Å²) < 4.78 is 6.72. The smallest absolute Gasteiger partial charge is 0.162 e. The van der Waals surface area contributed by atoms with E-state index in [2.05, 4.69) is 91.6 Å². The van der Waals surface area contributed by atoms with Crippen molar-refractivity contribution in [3.8, 4) is 33.5 Å². The number of carbonyl (C=O) groups is 1. The molecule has 1 radical (unpaired) electrons. The number of hydrogen-bond donors (Lipinski definition) is 1. The summed E-state index contributed by atoms with van der Waals surface area (Å²) in [7, 11) is 0. The Morgan fingerprint density at radius 2 is 1.51 bits per heavy atom. The monoisotopic (exact) mass is 880 g/mol. The van der Waals surface area contributed by atoms with E-state index in [0.717, 1.165) is 81.0 Å². The van der Waals surface area contributed by atoms with Gasteiger partial charge in [0.25, 0.3) is 0 Å². The van der Waals surface area contributed by atoms with Gasteiger partial charge in [-0.3, -0.25) is 9.78 Å². The number of aliphatic hydroxyl groups is 1. The molecular formula is C47H47IrN2O3-. The number of ketones is 1. The molecule has 0 unspecified atom stereocenters. The minimum absolute atomic E-state index is 0. The number of fused-ring (bicyclic) bond motifs is 4. The first kappa shape index (κ1) is 39.3. The Bertz CT molecular complexity index is 2370. The van der Waals surface area contributed by atoms with E-state index in [-0.39, 0.29) is 43.5 Å². The van der Waals surface area contributed by atoms with Crippen LogP contribution in [0.1, 0.15) is 64.5 Å². The minimum Gasteiger partial charge on any atom is -0.512 e. The third-order valence-corrected chi connectivity index (χ3v) is 10.4. The number of pyridine rings is 2. The number of hydrogen-bond acceptors (Lipinski definition) is 5. The van der Waals surface area contributed by atoms with E-state index >= 15 is 0 Å². The van der Waals surface area contributed by atoms with Gasteiger partial charge in [-0.1, -0.05) is 99.3 Å². The van der Waals surface area contributed by atoms with Crippen molar-refractivity contribution in [1.29, 1.82) is 0 Å². The van der Waals surface area contributed by atoms with Crippen LogP contribution < -0.4 is 0 Å². The fourth-order valence-corrected chi connectivity index (χ4v) is 7.14. The van der Waals surface area contributed by atoms with Crippen molar-refractivity contribution < 1.29 is 34.4 Å². The predicted octanol–water partition coefficient (Wildman–Crippen LogP) is 12.8. The molecule has 0 amide bonds. The van der Waals surface area contributed by atoms with Crippen LogP contribution in [0.5, 0.6) is 0 Å². The van der Waals surface area contributed by atoms with Crippen LogP contribution in [0, 0.1) is 31.7 Å². The molecule has 0 aliphatic carbocycles. The number of carbonyl (C=O) groups excluding carboxylic acids is 1. The maximum absolute atomic E-state index is 11.7. The van der Waals surface area contributed by atoms with Crippen LogP contribution in [0.15, 0.2) is 120 Å². The largest absolute Gasteiger partial charge is 0.512 e. The fraction of sp³-hybridized carbons (Fsp3) is 0.255. The average molecular weight is 880 g/mol. The average Bonchev–Trinajstić information content (AvgIpc) is 3.57. The molecule has 0 spiro atoms. The molecule has 7 rings (SSSR count). The maximum atomic E-state index is 11.7. The Morgan fingerprint density at radius 1 is 0.792 bits per heavy atom. The number of nitrogens with zero attached hydrogens (tertiary/aromatic N) is 2. The van der Waals surface area contributed by atoms with Gasteiger partial charge in [0, 0.05) is 72.9 Å². The molecule has 7 aromatic rings. The zero-order valence-corrected chi connectivity index (χ0v) is 33.8. The van der Waals surface area contributed by atoms with E-state index in [1.54, 1.807) is 0 Å². The van der Waals surface area contributed by atoms with Crippen LogP contribution in [-0.4, -0.2) is 20.9 Å². The number of aliphatic hydroxyl groups excluding tert-OH is 1. The summed E-state index contributed by atoms with van der Waals surface area (Å²) >= 11 is 0. The molecule has 53 heavy (non-hydrogen) atoms. The van der Waals surface area contributed by atoms with E-state index in [1.807, 2.05) is 64.5 Å². The molecule has 0 aliphatic rings. The molecule has 0 aliphatic heterocycles. The van der Waals surface area contributed by atoms with Crippen molar-refractivity contribution in [3.05, 3.63) is 133 Å². The van der Waals surface area contributed by atoms with Gasteiger partial charge < -0.3 is 14.5 Å². The summed E-state index contributed by atoms with van der Waals surface area (Å²) in [5.41, 5.74) is 10.4. The number of allylic oxidation sites excluding steroid dienone is 2. The molecule has 273 valence electrons. The number of benzene rings is 4. The van der Waals surface area contributed by atoms with Crippen molar-refractivity contribution in [3.63, 3.8) is 0 Å². The molecule has 4 aromatic carbocycles. The fourth-order valence-electron chi connectivity index (χ4n) is 7.14. The Balaban J connectivity index is 0.000000290. The van der Waals surface area contributed by atoms with Gasteiger partial charge in [-0.15, -0.1) is 18.2 Å². The number of furan rings is 1. The van der Waals surface area contributed by atoms with Gasteiger partial charge in [-0.2, -0.15) is 0 Å². The molecule has 3 aromatic heterocycles. The predicted molar refractivity (Wildman–Crippen MR) is 215 cm³/mol. The van der Waals surface area contributed by atoms with Crippen LogP contribution >= 0.6 is 0 Å². The Labute approximate surface area is 326 Å². The maximum Gasteiger partial charge on any atom is 0.162 e. The zero-order valence-electron chi connectivity index (χ0n) is 31.4. The van der Waals surface area contributed by atoms with Crippen molar-refractivity contribution in [2.24, 2.45) is 11.8 Å². The first-order valence-corrected chi connectivity index (χ1v) is 18.5. The van der Waals surface area contributed by atoms with Crippen LogP contribution in [0.2, 0.25) is 0 Å². The third-order valence-electron chi connectivity index (χ3n) is 10.4. The van der Waals surface area contributed by atoms with Crippen LogP contribution in [0.4, 0.5) is 0 Å². The van der Waals surface area contributed by atoms with Crippen molar-refractivity contribution in [1.82, 2.24) is 9.97 Å². The van der Waals surface area contributed by atoms with E-state index in [4.69, 9.17) is 9.40 Å². The molecular weight excluding hydrogens is 833 g/mol. The molecule has 6 heteroatoms. The number of para-hydroxylation sites is 1. The molecule has 0 saturated carbocycles. The zero-order chi connectivity index (χ0) is 36.8. The van der Waals surface area contributed by atoms with Gasteiger partial charge in [0.2, 0.25) is 0 Å². The van der Waals surface area contributed by atoms with Crippen molar-refractivity contribution >= 4 is 38.5 Å². The minimum atomic E-state index is 0.